The number of carbonyl (C=O) groups excluding carboxylic acids is 2. The molecule has 14 rings (SSSR count). The molecule has 2 N–H and O–H groups in total. The van der Waals surface area contributed by atoms with Crippen LogP contribution in [0.2, 0.25) is 0 Å². The smallest absolute Gasteiger partial charge is 0.512 e. The molecular formula is C82H66Ir4N6O4S-3. The summed E-state index contributed by atoms with van der Waals surface area (Å²) in [6.45, 7) is 5.70. The van der Waals surface area contributed by atoms with Crippen LogP contribution in [0.25, 0.3) is 87.7 Å². The van der Waals surface area contributed by atoms with Crippen LogP contribution in [0.4, 0.5) is 0 Å². The van der Waals surface area contributed by atoms with Crippen LogP contribution < -0.4 is 0 Å². The van der Waals surface area contributed by atoms with E-state index in [0.29, 0.717) is 0 Å². The summed E-state index contributed by atoms with van der Waals surface area (Å²) in [7, 11) is 0. The van der Waals surface area contributed by atoms with Gasteiger partial charge in [-0.05, 0) is 113 Å². The maximum atomic E-state index is 10.0. The van der Waals surface area contributed by atoms with Gasteiger partial charge in [0.2, 0.25) is 0 Å². The number of carbonyl (C=O) groups is 2. The molecule has 0 aliphatic heterocycles. The number of aliphatic hydroxyl groups excluding tert-OH is 2. The van der Waals surface area contributed by atoms with Crippen molar-refractivity contribution >= 4 is 43.8 Å². The SMILES string of the molecule is CC(=O)C=C(C)O.CC(=O)C=C(C)O.[Ir+3].[Ir].[Ir].[Ir].[c-]1c(-c2ccccn2)sc2ccccc12.[c-]1ccccc1-c1ccccn1.[c-]1ccccc1-c1ccccn1.[c-]1ccccc1-c1ccccn1.[c-]1ccccc1-c1ccccn1.[c-]1ccccc1-c1nccc2ccccc12. The Morgan fingerprint density at radius 3 is 0.979 bits per heavy atom. The second kappa shape index (κ2) is 47.5. The fourth-order valence-corrected chi connectivity index (χ4v) is 9.27. The molecule has 3 radical (unpaired) electrons. The molecule has 0 aliphatic carbocycles. The topological polar surface area (TPSA) is 152 Å². The van der Waals surface area contributed by atoms with Gasteiger partial charge in [-0.25, -0.2) is 11.3 Å². The van der Waals surface area contributed by atoms with E-state index >= 15 is 0 Å². The predicted molar refractivity (Wildman–Crippen MR) is 378 cm³/mol. The zero-order chi connectivity index (χ0) is 65.5. The third kappa shape index (κ3) is 30.5. The molecule has 7 heterocycles. The molecule has 15 heteroatoms. The number of hydrogen-bond acceptors (Lipinski definition) is 11. The Bertz CT molecular complexity index is 3940. The minimum Gasteiger partial charge on any atom is -0.512 e. The first kappa shape index (κ1) is 81.9. The maximum absolute atomic E-state index is 10.0. The molecule has 0 atom stereocenters. The molecule has 10 nitrogen and oxygen atoms in total. The van der Waals surface area contributed by atoms with Crippen molar-refractivity contribution in [2.24, 2.45) is 0 Å². The van der Waals surface area contributed by atoms with Gasteiger partial charge in [-0.3, -0.25) is 9.59 Å². The van der Waals surface area contributed by atoms with Crippen molar-refractivity contribution in [3.8, 4) is 66.9 Å². The normalized spacial score (nSPS) is 9.81. The maximum Gasteiger partial charge on any atom is 3.00 e. The van der Waals surface area contributed by atoms with Crippen LogP contribution in [0.3, 0.4) is 0 Å². The van der Waals surface area contributed by atoms with E-state index in [1.807, 2.05) is 249 Å². The van der Waals surface area contributed by atoms with Gasteiger partial charge in [-0.1, -0.05) is 97.1 Å². The van der Waals surface area contributed by atoms with E-state index in [9.17, 15) is 9.59 Å². The number of nitrogens with zero attached hydrogens (tertiary/aromatic N) is 6. The van der Waals surface area contributed by atoms with E-state index in [4.69, 9.17) is 10.2 Å². The summed E-state index contributed by atoms with van der Waals surface area (Å²) in [5, 5.41) is 20.3. The van der Waals surface area contributed by atoms with Gasteiger partial charge in [0, 0.05) is 115 Å². The van der Waals surface area contributed by atoms with E-state index in [1.54, 1.807) is 36.1 Å². The molecule has 0 aliphatic rings. The summed E-state index contributed by atoms with van der Waals surface area (Å²) < 4.78 is 1.26. The predicted octanol–water partition coefficient (Wildman–Crippen LogP) is 19.7. The molecular weight excluding hydrogens is 1930 g/mol. The first-order valence-corrected chi connectivity index (χ1v) is 30.2. The number of aromatic nitrogens is 6. The number of aliphatic hydroxyl groups is 2. The Hall–Kier alpha value is -9.32. The standard InChI is InChI=1S/C15H10N.C13H8NS.4C11H8N.2C5H8O2.4Ir/c1-2-7-13(8-3-1)15-14-9-5-4-6-12(14)10-11-16-15;1-2-7-12-10(5-1)9-13(15-12)11-6-3-4-8-14-11;4*1-2-6-10(7-3-1)11-8-4-5-9-12-11;2*1-4(6)3-5(2)7;;;;/h1-7,9-11H;1-8H;4*1-6,8-9H;2*3,6H,1-2H3;;;;/q6*-1;;;;;;+3. The summed E-state index contributed by atoms with van der Waals surface area (Å²) in [6, 6.07) is 106. The first-order valence-electron chi connectivity index (χ1n) is 29.4. The molecule has 0 fully saturated rings. The van der Waals surface area contributed by atoms with Crippen molar-refractivity contribution in [2.45, 2.75) is 27.7 Å². The van der Waals surface area contributed by atoms with Gasteiger partial charge in [0.1, 0.15) is 0 Å². The first-order chi connectivity index (χ1) is 45.5. The Morgan fingerprint density at radius 2 is 0.670 bits per heavy atom. The second-order valence-electron chi connectivity index (χ2n) is 19.7. The largest absolute Gasteiger partial charge is 3.00 e. The molecule has 97 heavy (non-hydrogen) atoms. The van der Waals surface area contributed by atoms with Gasteiger partial charge in [-0.2, -0.15) is 0 Å². The van der Waals surface area contributed by atoms with Crippen molar-refractivity contribution in [3.63, 3.8) is 0 Å². The minimum atomic E-state index is -0.125. The number of hydrogen-bond donors (Lipinski definition) is 2. The third-order valence-corrected chi connectivity index (χ3v) is 13.4. The van der Waals surface area contributed by atoms with E-state index in [1.165, 1.54) is 60.7 Å². The molecule has 0 spiro atoms. The monoisotopic (exact) mass is 2000 g/mol. The molecule has 0 saturated heterocycles. The third-order valence-electron chi connectivity index (χ3n) is 12.3. The number of rotatable bonds is 8. The Morgan fingerprint density at radius 1 is 0.351 bits per heavy atom. The van der Waals surface area contributed by atoms with Gasteiger partial charge >= 0.3 is 20.1 Å². The van der Waals surface area contributed by atoms with E-state index in [0.717, 1.165) is 66.9 Å². The van der Waals surface area contributed by atoms with Crippen molar-refractivity contribution in [1.82, 2.24) is 29.9 Å². The van der Waals surface area contributed by atoms with Gasteiger partial charge in [0.25, 0.3) is 0 Å². The van der Waals surface area contributed by atoms with Crippen molar-refractivity contribution in [1.29, 1.82) is 0 Å². The zero-order valence-electron chi connectivity index (χ0n) is 53.2. The summed E-state index contributed by atoms with van der Waals surface area (Å²) in [5.41, 5.74) is 11.1. The number of benzene rings is 7. The average molecular weight is 2000 g/mol. The van der Waals surface area contributed by atoms with Crippen LogP contribution in [-0.4, -0.2) is 51.7 Å². The molecule has 493 valence electrons. The number of ketones is 2. The molecule has 7 aromatic heterocycles. The average Bonchev–Trinajstić information content (AvgIpc) is 1.35. The summed E-state index contributed by atoms with van der Waals surface area (Å²) in [4.78, 5) is 46.8. The quantitative estimate of drug-likeness (QED) is 0.0854. The molecule has 0 unspecified atom stereocenters. The van der Waals surface area contributed by atoms with E-state index in [2.05, 4.69) is 96.6 Å². The van der Waals surface area contributed by atoms with Crippen molar-refractivity contribution in [2.75, 3.05) is 0 Å². The molecule has 0 bridgehead atoms. The summed E-state index contributed by atoms with van der Waals surface area (Å²) >= 11 is 1.73. The minimum absolute atomic E-state index is 0. The molecule has 0 amide bonds. The van der Waals surface area contributed by atoms with Crippen LogP contribution in [0, 0.1) is 36.4 Å². The Labute approximate surface area is 627 Å². The van der Waals surface area contributed by atoms with Gasteiger partial charge in [0.15, 0.2) is 11.6 Å². The number of pyridine rings is 6. The number of thiophene rings is 1. The second-order valence-corrected chi connectivity index (χ2v) is 20.7. The van der Waals surface area contributed by atoms with Crippen LogP contribution in [0.5, 0.6) is 0 Å². The Balaban J connectivity index is 0.000000291. The van der Waals surface area contributed by atoms with E-state index < -0.39 is 0 Å². The van der Waals surface area contributed by atoms with Gasteiger partial charge in [0.05, 0.1) is 11.5 Å². The number of fused-ring (bicyclic) bond motifs is 2. The van der Waals surface area contributed by atoms with Gasteiger partial charge < -0.3 is 40.1 Å². The van der Waals surface area contributed by atoms with Crippen LogP contribution in [-0.2, 0) is 90.0 Å². The van der Waals surface area contributed by atoms with Crippen LogP contribution in [0.15, 0.2) is 328 Å². The zero-order valence-corrected chi connectivity index (χ0v) is 63.6. The van der Waals surface area contributed by atoms with Crippen LogP contribution in [0.1, 0.15) is 27.7 Å². The number of allylic oxidation sites excluding steroid dienone is 4. The van der Waals surface area contributed by atoms with Gasteiger partial charge in [-0.15, -0.1) is 203 Å². The van der Waals surface area contributed by atoms with E-state index in [-0.39, 0.29) is 104 Å². The summed E-state index contributed by atoms with van der Waals surface area (Å²) in [6.07, 6.45) is 13.1. The Kier molecular flexibility index (Phi) is 40.2. The molecule has 0 saturated carbocycles. The fraction of sp³-hybridized carbons (Fsp3) is 0.0488. The molecule has 7 aromatic carbocycles. The molecule has 14 aromatic rings. The fourth-order valence-electron chi connectivity index (χ4n) is 8.29. The van der Waals surface area contributed by atoms with Crippen molar-refractivity contribution < 1.29 is 100 Å². The van der Waals surface area contributed by atoms with Crippen LogP contribution >= 0.6 is 11.3 Å². The summed E-state index contributed by atoms with van der Waals surface area (Å²) in [5.74, 6) is -0.125. The van der Waals surface area contributed by atoms with Crippen molar-refractivity contribution in [3.05, 3.63) is 364 Å².